The van der Waals surface area contributed by atoms with E-state index in [1.54, 1.807) is 19.4 Å². The Labute approximate surface area is 338 Å². The minimum absolute atomic E-state index is 0.0808. The number of nitrogens with zero attached hydrogens (tertiary/aromatic N) is 3. The van der Waals surface area contributed by atoms with Gasteiger partial charge in [0.1, 0.15) is 40.4 Å². The molecule has 3 unspecified atom stereocenters. The molecule has 288 valence electrons. The van der Waals surface area contributed by atoms with Gasteiger partial charge in [-0.1, -0.05) is 108 Å². The van der Waals surface area contributed by atoms with Crippen LogP contribution in [-0.4, -0.2) is 81.3 Å². The Morgan fingerprint density at radius 3 is 2.07 bits per heavy atom. The number of oxime groups is 1. The quantitative estimate of drug-likeness (QED) is 0.0350. The minimum atomic E-state index is -1.40. The van der Waals surface area contributed by atoms with Gasteiger partial charge in [-0.25, -0.2) is 4.98 Å². The van der Waals surface area contributed by atoms with Gasteiger partial charge in [-0.2, -0.15) is 0 Å². The highest BCUT2D eigenvalue weighted by atomic mass is 35.5. The molecule has 2 aliphatic rings. The van der Waals surface area contributed by atoms with Crippen molar-refractivity contribution in [2.75, 3.05) is 31.5 Å². The number of carboxylic acids is 1. The normalized spacial score (nSPS) is 20.7. The van der Waals surface area contributed by atoms with Gasteiger partial charge in [0.25, 0.3) is 5.91 Å². The maximum atomic E-state index is 14.1. The third-order valence-corrected chi connectivity index (χ3v) is 13.2. The zero-order valence-corrected chi connectivity index (χ0v) is 33.0. The number of hydrogen-bond donors (Lipinski definition) is 3. The molecule has 2 saturated heterocycles. The van der Waals surface area contributed by atoms with Crippen LogP contribution >= 0.6 is 34.7 Å². The number of β-lactam (4-membered cyclic amide) rings is 1. The molecule has 3 N–H and O–H groups in total. The summed E-state index contributed by atoms with van der Waals surface area (Å²) >= 11 is 9.03. The van der Waals surface area contributed by atoms with Crippen molar-refractivity contribution in [3.63, 3.8) is 0 Å². The van der Waals surface area contributed by atoms with E-state index in [0.29, 0.717) is 17.3 Å². The maximum Gasteiger partial charge on any atom is 0.313 e. The molecule has 2 aliphatic heterocycles. The number of hydrogen-bond acceptors (Lipinski definition) is 10. The van der Waals surface area contributed by atoms with Crippen LogP contribution in [0, 0.1) is 5.41 Å². The van der Waals surface area contributed by atoms with Crippen LogP contribution < -0.4 is 15.4 Å². The number of thiazole rings is 1. The summed E-state index contributed by atoms with van der Waals surface area (Å²) in [4.78, 5) is 52.2. The third-order valence-electron chi connectivity index (χ3n) is 10.2. The zero-order chi connectivity index (χ0) is 39.3. The van der Waals surface area contributed by atoms with Gasteiger partial charge in [0.05, 0.1) is 7.11 Å². The molecule has 4 aromatic carbocycles. The van der Waals surface area contributed by atoms with Gasteiger partial charge in [-0.05, 0) is 47.7 Å². The summed E-state index contributed by atoms with van der Waals surface area (Å²) in [6.07, 6.45) is 0.384. The minimum Gasteiger partial charge on any atom is -0.497 e. The molecule has 2 amide bonds. The van der Waals surface area contributed by atoms with Crippen LogP contribution in [0.2, 0.25) is 0 Å². The number of anilines is 1. The zero-order valence-electron chi connectivity index (χ0n) is 30.6. The molecule has 0 aliphatic carbocycles. The lowest BCUT2D eigenvalue weighted by molar-refractivity contribution is -0.158. The molecule has 4 atom stereocenters. The van der Waals surface area contributed by atoms with Crippen LogP contribution in [0.4, 0.5) is 5.13 Å². The molecule has 0 spiro atoms. The lowest BCUT2D eigenvalue weighted by atomic mass is 9.77. The van der Waals surface area contributed by atoms with Crippen LogP contribution in [0.15, 0.2) is 126 Å². The first kappa shape index (κ1) is 38.9. The lowest BCUT2D eigenvalue weighted by Crippen LogP contribution is -2.75. The van der Waals surface area contributed by atoms with Gasteiger partial charge >= 0.3 is 5.97 Å². The number of fused-ring (bicyclic) bond motifs is 1. The molecule has 0 bridgehead atoms. The Morgan fingerprint density at radius 1 is 0.964 bits per heavy atom. The average Bonchev–Trinajstić information content (AvgIpc) is 3.70. The van der Waals surface area contributed by atoms with E-state index in [9.17, 15) is 19.5 Å². The van der Waals surface area contributed by atoms with E-state index in [4.69, 9.17) is 26.2 Å². The molecule has 5 aromatic rings. The number of carbonyl (C=O) groups is 3. The fourth-order valence-corrected chi connectivity index (χ4v) is 10.3. The fraction of sp³-hybridized carbons (Fsp3) is 0.262. The van der Waals surface area contributed by atoms with E-state index in [2.05, 4.69) is 52.2 Å². The van der Waals surface area contributed by atoms with Crippen LogP contribution in [-0.2, 0) is 31.2 Å². The van der Waals surface area contributed by atoms with E-state index >= 15 is 0 Å². The van der Waals surface area contributed by atoms with Crippen LogP contribution in [0.5, 0.6) is 5.75 Å². The van der Waals surface area contributed by atoms with Crippen molar-refractivity contribution in [3.8, 4) is 5.75 Å². The Kier molecular flexibility index (Phi) is 11.7. The second kappa shape index (κ2) is 16.8. The first-order valence-corrected chi connectivity index (χ1v) is 20.4. The summed E-state index contributed by atoms with van der Waals surface area (Å²) in [6, 6.07) is 36.7. The van der Waals surface area contributed by atoms with Crippen molar-refractivity contribution in [1.29, 1.82) is 0 Å². The number of aliphatic carboxylic acids is 1. The molecule has 14 heteroatoms. The molecule has 2 fully saturated rings. The molecule has 0 radical (unpaired) electrons. The van der Waals surface area contributed by atoms with Crippen molar-refractivity contribution >= 4 is 63.3 Å². The number of ether oxygens (including phenoxy) is 1. The molecule has 56 heavy (non-hydrogen) atoms. The van der Waals surface area contributed by atoms with E-state index in [-0.39, 0.29) is 30.4 Å². The monoisotopic (exact) mass is 809 g/mol. The number of alkyl halides is 1. The summed E-state index contributed by atoms with van der Waals surface area (Å²) in [6.45, 7) is 1.87. The highest BCUT2D eigenvalue weighted by Gasteiger charge is 2.61. The Morgan fingerprint density at radius 2 is 1.55 bits per heavy atom. The predicted molar refractivity (Wildman–Crippen MR) is 219 cm³/mol. The average molecular weight is 810 g/mol. The van der Waals surface area contributed by atoms with Crippen molar-refractivity contribution < 1.29 is 29.1 Å². The molecule has 3 heterocycles. The van der Waals surface area contributed by atoms with Crippen molar-refractivity contribution in [2.24, 2.45) is 10.6 Å². The fourth-order valence-electron chi connectivity index (χ4n) is 7.22. The van der Waals surface area contributed by atoms with Gasteiger partial charge in [0, 0.05) is 23.1 Å². The maximum absolute atomic E-state index is 14.1. The van der Waals surface area contributed by atoms with Gasteiger partial charge in [0.2, 0.25) is 5.91 Å². The largest absolute Gasteiger partial charge is 0.497 e. The van der Waals surface area contributed by atoms with Crippen LogP contribution in [0.1, 0.15) is 34.9 Å². The molecule has 7 rings (SSSR count). The molecular formula is C42H40ClN5O6S2. The smallest absolute Gasteiger partial charge is 0.313 e. The predicted octanol–water partition coefficient (Wildman–Crippen LogP) is 6.62. The van der Waals surface area contributed by atoms with Gasteiger partial charge < -0.3 is 30.2 Å². The van der Waals surface area contributed by atoms with Crippen molar-refractivity contribution in [2.45, 2.75) is 35.5 Å². The summed E-state index contributed by atoms with van der Waals surface area (Å²) < 4.78 is 5.29. The van der Waals surface area contributed by atoms with E-state index in [1.165, 1.54) is 28.0 Å². The van der Waals surface area contributed by atoms with Crippen molar-refractivity contribution in [3.05, 3.63) is 149 Å². The van der Waals surface area contributed by atoms with E-state index in [1.807, 2.05) is 78.9 Å². The third kappa shape index (κ3) is 7.34. The number of rotatable bonds is 15. The number of carboxylic acid groups (broad SMARTS) is 1. The number of aromatic nitrogens is 1. The summed E-state index contributed by atoms with van der Waals surface area (Å²) in [5.41, 5.74) is 1.77. The topological polar surface area (TPSA) is 142 Å². The number of benzene rings is 4. The molecule has 1 aromatic heterocycles. The Bertz CT molecular complexity index is 2090. The second-order valence-electron chi connectivity index (χ2n) is 13.4. The number of halogens is 1. The van der Waals surface area contributed by atoms with Crippen LogP contribution in [0.3, 0.4) is 0 Å². The number of methoxy groups -OCH3 is 1. The van der Waals surface area contributed by atoms with Gasteiger partial charge in [-0.15, -0.1) is 34.7 Å². The van der Waals surface area contributed by atoms with Crippen molar-refractivity contribution in [1.82, 2.24) is 15.2 Å². The highest BCUT2D eigenvalue weighted by Crippen LogP contribution is 2.49. The number of carbonyl (C=O) groups excluding carboxylic acids is 2. The standard InChI is InChI=1S/C42H40ClN5O6S2/c1-3-54-47-34(32-24-55-40(44-32)46-42(28-13-7-4-8-14-28,29-15-9-5-10-16-29)30-17-11-6-12-18-30)36(49)45-35-37(50)48-26-41(25-43,39(51)52)33(56-38(35)48)23-27-19-21-31(53-2)22-20-27/h4-22,24,33,35,38H,3,23,25-26H2,1-2H3,(H,44,46)(H,45,49)(H,51,52)/t33?,35?,38-,41?/m1/s1. The number of amides is 2. The molecule has 11 nitrogen and oxygen atoms in total. The Balaban J connectivity index is 1.16. The van der Waals surface area contributed by atoms with Gasteiger partial charge in [-0.3, -0.25) is 14.4 Å². The van der Waals surface area contributed by atoms with Gasteiger partial charge in [0.15, 0.2) is 10.8 Å². The first-order valence-electron chi connectivity index (χ1n) is 18.0. The van der Waals surface area contributed by atoms with E-state index < -0.39 is 45.4 Å². The number of nitrogens with one attached hydrogen (secondary N) is 2. The Hall–Kier alpha value is -5.37. The highest BCUT2D eigenvalue weighted by molar-refractivity contribution is 8.00. The summed E-state index contributed by atoms with van der Waals surface area (Å²) in [5.74, 6) is -1.62. The van der Waals surface area contributed by atoms with Crippen LogP contribution in [0.25, 0.3) is 0 Å². The molecular weight excluding hydrogens is 770 g/mol. The molecule has 0 saturated carbocycles. The SMILES string of the molecule is CCON=C(C(=O)NC1C(=O)N2CC(CCl)(C(=O)O)C(Cc3ccc(OC)cc3)S[C@H]12)c1csc(NC(c2ccccc2)(c2ccccc2)c2ccccc2)n1. The van der Waals surface area contributed by atoms with E-state index in [0.717, 1.165) is 22.3 Å². The second-order valence-corrected chi connectivity index (χ2v) is 15.9. The first-order chi connectivity index (χ1) is 27.2. The number of thioether (sulfide) groups is 1. The summed E-state index contributed by atoms with van der Waals surface area (Å²) in [7, 11) is 1.58. The lowest BCUT2D eigenvalue weighted by Gasteiger charge is -2.56. The summed E-state index contributed by atoms with van der Waals surface area (Å²) in [5, 5.41) is 22.4.